The van der Waals surface area contributed by atoms with Gasteiger partial charge in [0.2, 0.25) is 0 Å². The molecule has 0 radical (unpaired) electrons. The fourth-order valence-electron chi connectivity index (χ4n) is 2.35. The topological polar surface area (TPSA) is 64.2 Å². The zero-order valence-electron chi connectivity index (χ0n) is 11.1. The van der Waals surface area contributed by atoms with Crippen LogP contribution in [0.25, 0.3) is 0 Å². The maximum atomic E-state index is 12.2. The molecule has 100 valence electrons. The summed E-state index contributed by atoms with van der Waals surface area (Å²) in [5.41, 5.74) is 0. The summed E-state index contributed by atoms with van der Waals surface area (Å²) in [6.07, 6.45) is 2.08. The highest BCUT2D eigenvalue weighted by molar-refractivity contribution is 5.91. The summed E-state index contributed by atoms with van der Waals surface area (Å²) in [6.45, 7) is 3.22. The van der Waals surface area contributed by atoms with Gasteiger partial charge in [-0.25, -0.2) is 0 Å². The quantitative estimate of drug-likeness (QED) is 0.836. The first kappa shape index (κ1) is 12.0. The fraction of sp³-hybridized carbons (Fsp3) is 0.462. The second-order valence-corrected chi connectivity index (χ2v) is 4.86. The minimum Gasteiger partial charge on any atom is -0.456 e. The highest BCUT2D eigenvalue weighted by Gasteiger charge is 2.21. The number of fused-ring (bicyclic) bond motifs is 1. The van der Waals surface area contributed by atoms with Crippen LogP contribution in [0, 0.1) is 6.92 Å². The highest BCUT2D eigenvalue weighted by Crippen LogP contribution is 2.16. The van der Waals surface area contributed by atoms with Crippen molar-refractivity contribution in [1.29, 1.82) is 0 Å². The van der Waals surface area contributed by atoms with Gasteiger partial charge in [-0.1, -0.05) is 0 Å². The Hall–Kier alpha value is -2.11. The van der Waals surface area contributed by atoms with Crippen LogP contribution >= 0.6 is 0 Å². The summed E-state index contributed by atoms with van der Waals surface area (Å²) in [4.78, 5) is 13.8. The van der Waals surface area contributed by atoms with E-state index in [0.717, 1.165) is 36.8 Å². The van der Waals surface area contributed by atoms with Crippen LogP contribution in [-0.4, -0.2) is 32.6 Å². The standard InChI is InChI=1S/C13H16N4O2/c1-9-5-6-10(19-9)13(18)16(2)8-12-15-14-11-4-3-7-17(11)12/h5-6H,3-4,7-8H2,1-2H3. The van der Waals surface area contributed by atoms with Crippen LogP contribution in [0.4, 0.5) is 0 Å². The van der Waals surface area contributed by atoms with Crippen molar-refractivity contribution in [3.63, 3.8) is 0 Å². The first-order chi connectivity index (χ1) is 9.15. The second kappa shape index (κ2) is 4.53. The molecule has 0 saturated carbocycles. The van der Waals surface area contributed by atoms with Crippen molar-refractivity contribution in [2.45, 2.75) is 32.9 Å². The summed E-state index contributed by atoms with van der Waals surface area (Å²) >= 11 is 0. The van der Waals surface area contributed by atoms with Crippen LogP contribution in [0.2, 0.25) is 0 Å². The van der Waals surface area contributed by atoms with E-state index in [2.05, 4.69) is 14.8 Å². The number of carbonyl (C=O) groups is 1. The first-order valence-corrected chi connectivity index (χ1v) is 6.38. The van der Waals surface area contributed by atoms with Crippen molar-refractivity contribution in [2.75, 3.05) is 7.05 Å². The number of furan rings is 1. The maximum Gasteiger partial charge on any atom is 0.289 e. The molecule has 2 aromatic rings. The molecule has 0 aliphatic carbocycles. The molecule has 0 fully saturated rings. The lowest BCUT2D eigenvalue weighted by molar-refractivity contribution is 0.0747. The number of nitrogens with zero attached hydrogens (tertiary/aromatic N) is 4. The molecule has 0 spiro atoms. The number of carbonyl (C=O) groups excluding carboxylic acids is 1. The Morgan fingerprint density at radius 1 is 1.47 bits per heavy atom. The lowest BCUT2D eigenvalue weighted by atomic mass is 10.3. The third-order valence-corrected chi connectivity index (χ3v) is 3.36. The van der Waals surface area contributed by atoms with E-state index in [9.17, 15) is 4.79 Å². The van der Waals surface area contributed by atoms with Crippen molar-refractivity contribution in [3.05, 3.63) is 35.3 Å². The monoisotopic (exact) mass is 260 g/mol. The van der Waals surface area contributed by atoms with E-state index < -0.39 is 0 Å². The van der Waals surface area contributed by atoms with Crippen LogP contribution in [0.15, 0.2) is 16.5 Å². The summed E-state index contributed by atoms with van der Waals surface area (Å²) in [5.74, 6) is 2.82. The number of hydrogen-bond acceptors (Lipinski definition) is 4. The summed E-state index contributed by atoms with van der Waals surface area (Å²) < 4.78 is 7.44. The molecule has 0 saturated heterocycles. The van der Waals surface area contributed by atoms with E-state index in [0.29, 0.717) is 12.3 Å². The van der Waals surface area contributed by atoms with Gasteiger partial charge in [0.25, 0.3) is 5.91 Å². The van der Waals surface area contributed by atoms with Crippen molar-refractivity contribution in [3.8, 4) is 0 Å². The van der Waals surface area contributed by atoms with Crippen molar-refractivity contribution in [1.82, 2.24) is 19.7 Å². The van der Waals surface area contributed by atoms with E-state index in [1.165, 1.54) is 0 Å². The molecule has 19 heavy (non-hydrogen) atoms. The first-order valence-electron chi connectivity index (χ1n) is 6.38. The van der Waals surface area contributed by atoms with Gasteiger partial charge >= 0.3 is 0 Å². The normalized spacial score (nSPS) is 13.6. The Kier molecular flexibility index (Phi) is 2.85. The molecule has 3 rings (SSSR count). The Bertz CT molecular complexity index is 614. The lowest BCUT2D eigenvalue weighted by Gasteiger charge is -2.15. The molecule has 3 heterocycles. The van der Waals surface area contributed by atoms with Gasteiger partial charge in [-0.3, -0.25) is 4.79 Å². The van der Waals surface area contributed by atoms with Crippen LogP contribution in [0.3, 0.4) is 0 Å². The Morgan fingerprint density at radius 2 is 2.32 bits per heavy atom. The van der Waals surface area contributed by atoms with E-state index in [1.54, 1.807) is 24.1 Å². The summed E-state index contributed by atoms with van der Waals surface area (Å²) in [7, 11) is 1.75. The smallest absolute Gasteiger partial charge is 0.289 e. The average molecular weight is 260 g/mol. The van der Waals surface area contributed by atoms with Crippen LogP contribution in [0.5, 0.6) is 0 Å². The fourth-order valence-corrected chi connectivity index (χ4v) is 2.35. The van der Waals surface area contributed by atoms with E-state index in [-0.39, 0.29) is 5.91 Å². The Balaban J connectivity index is 1.74. The van der Waals surface area contributed by atoms with Crippen LogP contribution in [0.1, 0.15) is 34.4 Å². The number of hydrogen-bond donors (Lipinski definition) is 0. The number of amides is 1. The van der Waals surface area contributed by atoms with Gasteiger partial charge in [0, 0.05) is 20.0 Å². The molecule has 0 atom stereocenters. The lowest BCUT2D eigenvalue weighted by Crippen LogP contribution is -2.27. The molecule has 0 unspecified atom stereocenters. The SMILES string of the molecule is Cc1ccc(C(=O)N(C)Cc2nnc3n2CCC3)o1. The van der Waals surface area contributed by atoms with Gasteiger partial charge < -0.3 is 13.9 Å². The second-order valence-electron chi connectivity index (χ2n) is 4.86. The number of aryl methyl sites for hydroxylation is 2. The molecular formula is C13H16N4O2. The third kappa shape index (κ3) is 2.14. The predicted molar refractivity (Wildman–Crippen MR) is 67.6 cm³/mol. The van der Waals surface area contributed by atoms with Gasteiger partial charge in [-0.15, -0.1) is 10.2 Å². The molecule has 1 aliphatic heterocycles. The Morgan fingerprint density at radius 3 is 3.05 bits per heavy atom. The molecule has 1 aliphatic rings. The summed E-state index contributed by atoms with van der Waals surface area (Å²) in [5, 5.41) is 8.29. The summed E-state index contributed by atoms with van der Waals surface area (Å²) in [6, 6.07) is 3.48. The molecule has 0 bridgehead atoms. The van der Waals surface area contributed by atoms with Crippen molar-refractivity contribution in [2.24, 2.45) is 0 Å². The van der Waals surface area contributed by atoms with Gasteiger partial charge in [-0.2, -0.15) is 0 Å². The number of rotatable bonds is 3. The van der Waals surface area contributed by atoms with Gasteiger partial charge in [-0.05, 0) is 25.5 Å². The van der Waals surface area contributed by atoms with E-state index >= 15 is 0 Å². The molecule has 0 N–H and O–H groups in total. The molecule has 6 heteroatoms. The minimum atomic E-state index is -0.136. The van der Waals surface area contributed by atoms with Crippen molar-refractivity contribution >= 4 is 5.91 Å². The molecule has 0 aromatic carbocycles. The highest BCUT2D eigenvalue weighted by atomic mass is 16.3. The molecule has 2 aromatic heterocycles. The van der Waals surface area contributed by atoms with Gasteiger partial charge in [0.15, 0.2) is 11.6 Å². The third-order valence-electron chi connectivity index (χ3n) is 3.36. The maximum absolute atomic E-state index is 12.2. The predicted octanol–water partition coefficient (Wildman–Crippen LogP) is 1.40. The van der Waals surface area contributed by atoms with Crippen LogP contribution < -0.4 is 0 Å². The largest absolute Gasteiger partial charge is 0.456 e. The van der Waals surface area contributed by atoms with Gasteiger partial charge in [0.05, 0.1) is 6.54 Å². The average Bonchev–Trinajstić information content (AvgIpc) is 3.06. The van der Waals surface area contributed by atoms with E-state index in [4.69, 9.17) is 4.42 Å². The molecular weight excluding hydrogens is 244 g/mol. The van der Waals surface area contributed by atoms with Crippen LogP contribution in [-0.2, 0) is 19.5 Å². The number of aromatic nitrogens is 3. The van der Waals surface area contributed by atoms with Crippen molar-refractivity contribution < 1.29 is 9.21 Å². The van der Waals surface area contributed by atoms with Gasteiger partial charge in [0.1, 0.15) is 11.6 Å². The zero-order valence-corrected chi connectivity index (χ0v) is 11.1. The minimum absolute atomic E-state index is 0.136. The van der Waals surface area contributed by atoms with E-state index in [1.807, 2.05) is 6.92 Å². The molecule has 1 amide bonds. The Labute approximate surface area is 111 Å². The zero-order chi connectivity index (χ0) is 13.4. The molecule has 6 nitrogen and oxygen atoms in total.